The van der Waals surface area contributed by atoms with E-state index >= 15 is 0 Å². The van der Waals surface area contributed by atoms with E-state index in [0.717, 1.165) is 14.7 Å². The molecule has 0 saturated heterocycles. The predicted octanol–water partition coefficient (Wildman–Crippen LogP) is 1.19. The van der Waals surface area contributed by atoms with Crippen LogP contribution in [0.15, 0.2) is 11.9 Å². The molecule has 7 heavy (non-hydrogen) atoms. The lowest BCUT2D eigenvalue weighted by atomic mass is 10.8. The number of allylic oxidation sites excluding steroid dienone is 1. The zero-order valence-electron chi connectivity index (χ0n) is 4.52. The Morgan fingerprint density at radius 1 is 1.71 bits per heavy atom. The predicted molar refractivity (Wildman–Crippen MR) is 35.1 cm³/mol. The third kappa shape index (κ3) is 6.13. The number of rotatable bonds is 3. The molecule has 1 N–H and O–H groups in total. The Morgan fingerprint density at radius 2 is 2.43 bits per heavy atom. The lowest BCUT2D eigenvalue weighted by Gasteiger charge is -1.84. The Bertz CT molecular complexity index is 52.0. The molecule has 0 rings (SSSR count). The van der Waals surface area contributed by atoms with Gasteiger partial charge in [-0.15, -0.1) is 0 Å². The van der Waals surface area contributed by atoms with Gasteiger partial charge in [0.25, 0.3) is 0 Å². The minimum atomic E-state index is 0.322. The molecule has 42 valence electrons. The minimum absolute atomic E-state index is 0.322. The van der Waals surface area contributed by atoms with E-state index in [0.29, 0.717) is 6.61 Å². The molecule has 1 unspecified atom stereocenters. The highest BCUT2D eigenvalue weighted by atomic mass is 31.1. The van der Waals surface area contributed by atoms with Gasteiger partial charge in [0.15, 0.2) is 0 Å². The summed E-state index contributed by atoms with van der Waals surface area (Å²) in [7, 11) is 0.802. The lowest BCUT2D eigenvalue weighted by molar-refractivity contribution is 0.322. The molecular weight excluding hydrogens is 107 g/mol. The Labute approximate surface area is 46.2 Å². The Morgan fingerprint density at radius 3 is 2.86 bits per heavy atom. The first kappa shape index (κ1) is 7.13. The molecule has 0 aromatic rings. The molecule has 1 atom stereocenters. The molecule has 0 heterocycles. The molecule has 1 nitrogen and oxygen atoms in total. The van der Waals surface area contributed by atoms with Crippen LogP contribution in [0.4, 0.5) is 0 Å². The number of aliphatic hydroxyl groups excluding tert-OH is 1. The van der Waals surface area contributed by atoms with Crippen LogP contribution < -0.4 is 0 Å². The van der Waals surface area contributed by atoms with Crippen LogP contribution in [0.3, 0.4) is 0 Å². The Hall–Kier alpha value is 0.130. The van der Waals surface area contributed by atoms with Crippen molar-refractivity contribution in [2.75, 3.05) is 12.8 Å². The molecule has 0 bridgehead atoms. The molecule has 0 aliphatic carbocycles. The van der Waals surface area contributed by atoms with Crippen molar-refractivity contribution >= 4 is 8.58 Å². The van der Waals surface area contributed by atoms with Gasteiger partial charge in [-0.05, 0) is 13.1 Å². The smallest absolute Gasteiger partial charge is 0.0470 e. The third-order valence-electron chi connectivity index (χ3n) is 0.541. The average molecular weight is 118 g/mol. The van der Waals surface area contributed by atoms with Gasteiger partial charge >= 0.3 is 0 Å². The van der Waals surface area contributed by atoms with Crippen molar-refractivity contribution in [3.63, 3.8) is 0 Å². The van der Waals surface area contributed by atoms with E-state index in [9.17, 15) is 0 Å². The van der Waals surface area contributed by atoms with Gasteiger partial charge in [-0.1, -0.05) is 20.5 Å². The molecule has 0 fully saturated rings. The lowest BCUT2D eigenvalue weighted by Crippen LogP contribution is -1.79. The topological polar surface area (TPSA) is 20.2 Å². The molecule has 0 amide bonds. The van der Waals surface area contributed by atoms with Gasteiger partial charge in [0.2, 0.25) is 0 Å². The van der Waals surface area contributed by atoms with E-state index in [-0.39, 0.29) is 0 Å². The summed E-state index contributed by atoms with van der Waals surface area (Å²) < 4.78 is 0. The molecule has 0 radical (unpaired) electrons. The van der Waals surface area contributed by atoms with Gasteiger partial charge in [-0.3, -0.25) is 0 Å². The van der Waals surface area contributed by atoms with Gasteiger partial charge in [0, 0.05) is 6.61 Å². The van der Waals surface area contributed by atoms with Crippen LogP contribution in [0.25, 0.3) is 0 Å². The number of hydrogen-bond donors (Lipinski definition) is 1. The van der Waals surface area contributed by atoms with Crippen molar-refractivity contribution in [2.45, 2.75) is 6.92 Å². The third-order valence-corrected chi connectivity index (χ3v) is 1.62. The number of aliphatic hydroxyl groups is 1. The SMILES string of the molecule is CC=CPCCO. The quantitative estimate of drug-likeness (QED) is 0.436. The van der Waals surface area contributed by atoms with E-state index in [2.05, 4.69) is 5.82 Å². The van der Waals surface area contributed by atoms with Crippen molar-refractivity contribution < 1.29 is 5.11 Å². The molecular formula is C5H11OP. The summed E-state index contributed by atoms with van der Waals surface area (Å²) in [5.41, 5.74) is 0. The molecule has 0 aromatic heterocycles. The highest BCUT2D eigenvalue weighted by molar-refractivity contribution is 7.41. The van der Waals surface area contributed by atoms with Crippen molar-refractivity contribution in [1.82, 2.24) is 0 Å². The van der Waals surface area contributed by atoms with Gasteiger partial charge in [-0.2, -0.15) is 0 Å². The Balaban J connectivity index is 2.69. The summed E-state index contributed by atoms with van der Waals surface area (Å²) in [4.78, 5) is 0. The van der Waals surface area contributed by atoms with Gasteiger partial charge in [0.05, 0.1) is 0 Å². The molecule has 2 heteroatoms. The molecule has 0 spiro atoms. The molecule has 0 saturated carbocycles. The van der Waals surface area contributed by atoms with E-state index in [1.54, 1.807) is 0 Å². The summed E-state index contributed by atoms with van der Waals surface area (Å²) in [5, 5.41) is 8.27. The maximum Gasteiger partial charge on any atom is 0.0470 e. The van der Waals surface area contributed by atoms with Crippen LogP contribution >= 0.6 is 8.58 Å². The van der Waals surface area contributed by atoms with Gasteiger partial charge in [-0.25, -0.2) is 0 Å². The minimum Gasteiger partial charge on any atom is -0.396 e. The van der Waals surface area contributed by atoms with Gasteiger partial charge < -0.3 is 5.11 Å². The van der Waals surface area contributed by atoms with Crippen LogP contribution in [-0.2, 0) is 0 Å². The van der Waals surface area contributed by atoms with E-state index in [1.807, 2.05) is 13.0 Å². The first-order chi connectivity index (χ1) is 3.41. The van der Waals surface area contributed by atoms with Crippen LogP contribution in [0.1, 0.15) is 6.92 Å². The van der Waals surface area contributed by atoms with Crippen molar-refractivity contribution in [3.05, 3.63) is 11.9 Å². The zero-order chi connectivity index (χ0) is 5.54. The maximum atomic E-state index is 8.27. The van der Waals surface area contributed by atoms with Crippen molar-refractivity contribution in [2.24, 2.45) is 0 Å². The van der Waals surface area contributed by atoms with Crippen LogP contribution in [0, 0.1) is 0 Å². The first-order valence-corrected chi connectivity index (χ1v) is 3.65. The summed E-state index contributed by atoms with van der Waals surface area (Å²) in [5.74, 6) is 2.08. The fraction of sp³-hybridized carbons (Fsp3) is 0.600. The average Bonchev–Trinajstić information content (AvgIpc) is 1.69. The molecule has 0 aliphatic rings. The van der Waals surface area contributed by atoms with Crippen LogP contribution in [0.5, 0.6) is 0 Å². The standard InChI is InChI=1S/C5H11OP/c1-2-4-7-5-3-6/h2,4,6-7H,3,5H2,1H3. The van der Waals surface area contributed by atoms with Crippen molar-refractivity contribution in [3.8, 4) is 0 Å². The fourth-order valence-electron chi connectivity index (χ4n) is 0.266. The number of hydrogen-bond acceptors (Lipinski definition) is 1. The highest BCUT2D eigenvalue weighted by Gasteiger charge is 1.73. The zero-order valence-corrected chi connectivity index (χ0v) is 5.52. The van der Waals surface area contributed by atoms with Crippen molar-refractivity contribution in [1.29, 1.82) is 0 Å². The second-order valence-corrected chi connectivity index (χ2v) is 2.42. The monoisotopic (exact) mass is 118 g/mol. The highest BCUT2D eigenvalue weighted by Crippen LogP contribution is 2.08. The summed E-state index contributed by atoms with van der Waals surface area (Å²) in [6, 6.07) is 0. The largest absolute Gasteiger partial charge is 0.396 e. The molecule has 0 aliphatic heterocycles. The van der Waals surface area contributed by atoms with E-state index in [1.165, 1.54) is 0 Å². The Kier molecular flexibility index (Phi) is 6.24. The molecule has 0 aromatic carbocycles. The summed E-state index contributed by atoms with van der Waals surface area (Å²) in [6.07, 6.45) is 2.93. The first-order valence-electron chi connectivity index (χ1n) is 2.37. The van der Waals surface area contributed by atoms with E-state index in [4.69, 9.17) is 5.11 Å². The van der Waals surface area contributed by atoms with Crippen LogP contribution in [0.2, 0.25) is 0 Å². The van der Waals surface area contributed by atoms with Crippen LogP contribution in [-0.4, -0.2) is 17.9 Å². The van der Waals surface area contributed by atoms with E-state index < -0.39 is 0 Å². The summed E-state index contributed by atoms with van der Waals surface area (Å²) in [6.45, 7) is 2.31. The normalized spacial score (nSPS) is 12.3. The maximum absolute atomic E-state index is 8.27. The second kappa shape index (κ2) is 6.13. The fourth-order valence-corrected chi connectivity index (χ4v) is 0.797. The second-order valence-electron chi connectivity index (χ2n) is 1.18. The summed E-state index contributed by atoms with van der Waals surface area (Å²) >= 11 is 0. The van der Waals surface area contributed by atoms with Gasteiger partial charge in [0.1, 0.15) is 0 Å².